The van der Waals surface area contributed by atoms with Crippen molar-refractivity contribution in [3.63, 3.8) is 0 Å². The monoisotopic (exact) mass is 270 g/mol. The van der Waals surface area contributed by atoms with Crippen LogP contribution < -0.4 is 5.73 Å². The Morgan fingerprint density at radius 2 is 2.12 bits per heavy atom. The molecule has 0 aromatic carbocycles. The lowest BCUT2D eigenvalue weighted by molar-refractivity contribution is 0.808. The highest BCUT2D eigenvalue weighted by Crippen LogP contribution is 2.33. The summed E-state index contributed by atoms with van der Waals surface area (Å²) in [6.45, 7) is 5.03. The number of hydrogen-bond donors (Lipinski definition) is 1. The second kappa shape index (κ2) is 6.21. The second-order valence-electron chi connectivity index (χ2n) is 4.99. The summed E-state index contributed by atoms with van der Waals surface area (Å²) in [5.41, 5.74) is 7.01. The van der Waals surface area contributed by atoms with Crippen LogP contribution in [0.5, 0.6) is 0 Å². The normalized spacial score (nSPS) is 17.2. The first-order valence-electron chi connectivity index (χ1n) is 6.51. The van der Waals surface area contributed by atoms with Gasteiger partial charge in [-0.15, -0.1) is 11.3 Å². The van der Waals surface area contributed by atoms with Crippen LogP contribution in [0.15, 0.2) is 0 Å². The Kier molecular flexibility index (Phi) is 4.88. The molecule has 1 aromatic rings. The van der Waals surface area contributed by atoms with Gasteiger partial charge in [-0.25, -0.2) is 4.98 Å². The molecule has 17 heavy (non-hydrogen) atoms. The van der Waals surface area contributed by atoms with E-state index in [0.717, 1.165) is 11.0 Å². The molecule has 0 unspecified atom stereocenters. The van der Waals surface area contributed by atoms with Crippen molar-refractivity contribution < 1.29 is 0 Å². The van der Waals surface area contributed by atoms with Crippen LogP contribution in [0.4, 0.5) is 0 Å². The number of rotatable bonds is 5. The Morgan fingerprint density at radius 1 is 1.41 bits per heavy atom. The van der Waals surface area contributed by atoms with Gasteiger partial charge in [0, 0.05) is 22.4 Å². The lowest BCUT2D eigenvalue weighted by Crippen LogP contribution is -1.99. The third-order valence-corrected chi connectivity index (χ3v) is 5.91. The van der Waals surface area contributed by atoms with Gasteiger partial charge in [-0.2, -0.15) is 11.8 Å². The molecular weight excluding hydrogens is 248 g/mol. The standard InChI is InChI=1S/C13H22N2S2/c1-9(2)13-11(7-14)17-12(15-13)8-16-10-5-3-4-6-10/h9-10H,3-8,14H2,1-2H3. The van der Waals surface area contributed by atoms with Crippen LogP contribution in [0.3, 0.4) is 0 Å². The van der Waals surface area contributed by atoms with E-state index in [0.29, 0.717) is 12.5 Å². The molecule has 1 aliphatic carbocycles. The molecule has 0 atom stereocenters. The van der Waals surface area contributed by atoms with Gasteiger partial charge in [-0.05, 0) is 18.8 Å². The average molecular weight is 270 g/mol. The van der Waals surface area contributed by atoms with E-state index in [1.807, 2.05) is 11.3 Å². The number of aromatic nitrogens is 1. The number of nitrogens with two attached hydrogens (primary N) is 1. The fraction of sp³-hybridized carbons (Fsp3) is 0.769. The van der Waals surface area contributed by atoms with E-state index in [1.54, 1.807) is 0 Å². The van der Waals surface area contributed by atoms with E-state index >= 15 is 0 Å². The van der Waals surface area contributed by atoms with Crippen LogP contribution in [0.25, 0.3) is 0 Å². The Morgan fingerprint density at radius 3 is 2.65 bits per heavy atom. The highest BCUT2D eigenvalue weighted by molar-refractivity contribution is 7.99. The fourth-order valence-electron chi connectivity index (χ4n) is 2.32. The Hall–Kier alpha value is -0.0600. The summed E-state index contributed by atoms with van der Waals surface area (Å²) in [6, 6.07) is 0. The van der Waals surface area contributed by atoms with Crippen LogP contribution in [-0.4, -0.2) is 10.2 Å². The van der Waals surface area contributed by atoms with Gasteiger partial charge in [0.2, 0.25) is 0 Å². The minimum atomic E-state index is 0.495. The lowest BCUT2D eigenvalue weighted by atomic mass is 10.1. The van der Waals surface area contributed by atoms with Crippen molar-refractivity contribution in [1.82, 2.24) is 4.98 Å². The zero-order valence-electron chi connectivity index (χ0n) is 10.7. The van der Waals surface area contributed by atoms with Crippen molar-refractivity contribution in [3.8, 4) is 0 Å². The van der Waals surface area contributed by atoms with Gasteiger partial charge in [-0.1, -0.05) is 26.7 Å². The summed E-state index contributed by atoms with van der Waals surface area (Å²) in [5, 5.41) is 2.15. The van der Waals surface area contributed by atoms with Crippen LogP contribution in [-0.2, 0) is 12.3 Å². The van der Waals surface area contributed by atoms with Gasteiger partial charge in [0.05, 0.1) is 5.69 Å². The molecule has 0 amide bonds. The largest absolute Gasteiger partial charge is 0.326 e. The maximum Gasteiger partial charge on any atom is 0.103 e. The predicted octanol–water partition coefficient (Wildman–Crippen LogP) is 3.90. The van der Waals surface area contributed by atoms with E-state index in [2.05, 4.69) is 25.6 Å². The van der Waals surface area contributed by atoms with Crippen molar-refractivity contribution in [2.24, 2.45) is 5.73 Å². The van der Waals surface area contributed by atoms with Crippen molar-refractivity contribution in [3.05, 3.63) is 15.6 Å². The molecule has 0 saturated heterocycles. The second-order valence-corrected chi connectivity index (χ2v) is 7.45. The maximum absolute atomic E-state index is 5.78. The lowest BCUT2D eigenvalue weighted by Gasteiger charge is -2.06. The number of hydrogen-bond acceptors (Lipinski definition) is 4. The molecule has 2 rings (SSSR count). The first kappa shape index (κ1) is 13.4. The van der Waals surface area contributed by atoms with E-state index in [9.17, 15) is 0 Å². The van der Waals surface area contributed by atoms with Crippen molar-refractivity contribution in [2.75, 3.05) is 0 Å². The molecule has 1 heterocycles. The molecule has 1 aliphatic rings. The SMILES string of the molecule is CC(C)c1nc(CSC2CCCC2)sc1CN. The molecule has 1 fully saturated rings. The third kappa shape index (κ3) is 3.46. The molecule has 0 radical (unpaired) electrons. The number of thiazole rings is 1. The first-order chi connectivity index (χ1) is 8.20. The van der Waals surface area contributed by atoms with Gasteiger partial charge in [0.1, 0.15) is 5.01 Å². The summed E-state index contributed by atoms with van der Waals surface area (Å²) in [6.07, 6.45) is 5.63. The zero-order chi connectivity index (χ0) is 12.3. The van der Waals surface area contributed by atoms with Crippen molar-refractivity contribution in [1.29, 1.82) is 0 Å². The molecule has 4 heteroatoms. The topological polar surface area (TPSA) is 38.9 Å². The average Bonchev–Trinajstić information content (AvgIpc) is 2.95. The maximum atomic E-state index is 5.78. The van der Waals surface area contributed by atoms with E-state index in [4.69, 9.17) is 10.7 Å². The summed E-state index contributed by atoms with van der Waals surface area (Å²) < 4.78 is 0. The minimum absolute atomic E-state index is 0.495. The van der Waals surface area contributed by atoms with E-state index in [-0.39, 0.29) is 0 Å². The summed E-state index contributed by atoms with van der Waals surface area (Å²) >= 11 is 3.90. The van der Waals surface area contributed by atoms with Crippen LogP contribution in [0.1, 0.15) is 61.0 Å². The Balaban J connectivity index is 1.95. The molecule has 0 bridgehead atoms. The van der Waals surface area contributed by atoms with E-state index < -0.39 is 0 Å². The number of nitrogens with zero attached hydrogens (tertiary/aromatic N) is 1. The number of thioether (sulfide) groups is 1. The highest BCUT2D eigenvalue weighted by atomic mass is 32.2. The smallest absolute Gasteiger partial charge is 0.103 e. The van der Waals surface area contributed by atoms with Crippen LogP contribution in [0, 0.1) is 0 Å². The van der Waals surface area contributed by atoms with Crippen LogP contribution >= 0.6 is 23.1 Å². The van der Waals surface area contributed by atoms with Gasteiger partial charge >= 0.3 is 0 Å². The molecular formula is C13H22N2S2. The molecule has 96 valence electrons. The molecule has 0 spiro atoms. The summed E-state index contributed by atoms with van der Waals surface area (Å²) in [4.78, 5) is 6.04. The minimum Gasteiger partial charge on any atom is -0.326 e. The fourth-order valence-corrected chi connectivity index (χ4v) is 4.76. The summed E-state index contributed by atoms with van der Waals surface area (Å²) in [5.74, 6) is 1.57. The predicted molar refractivity (Wildman–Crippen MR) is 77.6 cm³/mol. The Bertz CT molecular complexity index is 354. The van der Waals surface area contributed by atoms with Crippen LogP contribution in [0.2, 0.25) is 0 Å². The molecule has 0 aliphatic heterocycles. The highest BCUT2D eigenvalue weighted by Gasteiger charge is 2.17. The van der Waals surface area contributed by atoms with Gasteiger partial charge in [0.15, 0.2) is 0 Å². The zero-order valence-corrected chi connectivity index (χ0v) is 12.4. The molecule has 1 aromatic heterocycles. The molecule has 2 N–H and O–H groups in total. The van der Waals surface area contributed by atoms with Crippen molar-refractivity contribution in [2.45, 2.75) is 63.0 Å². The van der Waals surface area contributed by atoms with Gasteiger partial charge in [0.25, 0.3) is 0 Å². The molecule has 1 saturated carbocycles. The quantitative estimate of drug-likeness (QED) is 0.882. The molecule has 2 nitrogen and oxygen atoms in total. The third-order valence-electron chi connectivity index (χ3n) is 3.25. The van der Waals surface area contributed by atoms with Crippen molar-refractivity contribution >= 4 is 23.1 Å². The van der Waals surface area contributed by atoms with Gasteiger partial charge in [-0.3, -0.25) is 0 Å². The van der Waals surface area contributed by atoms with E-state index in [1.165, 1.54) is 41.3 Å². The van der Waals surface area contributed by atoms with Gasteiger partial charge < -0.3 is 5.73 Å². The first-order valence-corrected chi connectivity index (χ1v) is 8.37. The Labute approximate surface area is 112 Å². The summed E-state index contributed by atoms with van der Waals surface area (Å²) in [7, 11) is 0.